The molecule has 0 radical (unpaired) electrons. The van der Waals surface area contributed by atoms with Gasteiger partial charge < -0.3 is 33.2 Å². The summed E-state index contributed by atoms with van der Waals surface area (Å²) >= 11 is 0. The van der Waals surface area contributed by atoms with Crippen LogP contribution < -0.4 is 4.74 Å². The van der Waals surface area contributed by atoms with Crippen LogP contribution in [0.4, 0.5) is 0 Å². The quantitative estimate of drug-likeness (QED) is 0.349. The van der Waals surface area contributed by atoms with Crippen LogP contribution in [0.25, 0.3) is 0 Å². The Kier molecular flexibility index (Phi) is 9.61. The molecule has 1 heterocycles. The number of hydrogen-bond acceptors (Lipinski definition) is 7. The zero-order valence-corrected chi connectivity index (χ0v) is 20.5. The molecule has 7 nitrogen and oxygen atoms in total. The molecular weight excluding hydrogens is 460 g/mol. The van der Waals surface area contributed by atoms with Crippen LogP contribution in [0.5, 0.6) is 5.75 Å². The molecular formula is C29H32O7. The average molecular weight is 493 g/mol. The summed E-state index contributed by atoms with van der Waals surface area (Å²) in [4.78, 5) is 12.0. The largest absolute Gasteiger partial charge is 0.497 e. The van der Waals surface area contributed by atoms with E-state index in [1.807, 2.05) is 84.9 Å². The van der Waals surface area contributed by atoms with E-state index in [9.17, 15) is 4.79 Å². The van der Waals surface area contributed by atoms with Gasteiger partial charge in [0.25, 0.3) is 0 Å². The molecule has 0 N–H and O–H groups in total. The van der Waals surface area contributed by atoms with E-state index < -0.39 is 30.7 Å². The van der Waals surface area contributed by atoms with Gasteiger partial charge in [0.05, 0.1) is 26.9 Å². The van der Waals surface area contributed by atoms with Gasteiger partial charge in [-0.3, -0.25) is 0 Å². The predicted octanol–water partition coefficient (Wildman–Crippen LogP) is 4.32. The lowest BCUT2D eigenvalue weighted by molar-refractivity contribution is -0.309. The molecule has 1 aliphatic heterocycles. The van der Waals surface area contributed by atoms with E-state index in [0.717, 1.165) is 28.7 Å². The summed E-state index contributed by atoms with van der Waals surface area (Å²) in [6.07, 6.45) is -2.91. The van der Waals surface area contributed by atoms with E-state index in [-0.39, 0.29) is 0 Å². The first kappa shape index (κ1) is 26.0. The van der Waals surface area contributed by atoms with Crippen molar-refractivity contribution < 1.29 is 33.2 Å². The highest BCUT2D eigenvalue weighted by atomic mass is 16.7. The third-order valence-electron chi connectivity index (χ3n) is 6.07. The molecule has 190 valence electrons. The maximum absolute atomic E-state index is 12.0. The van der Waals surface area contributed by atoms with Crippen molar-refractivity contribution in [3.63, 3.8) is 0 Å². The van der Waals surface area contributed by atoms with Crippen LogP contribution in [0.1, 0.15) is 16.7 Å². The van der Waals surface area contributed by atoms with Crippen LogP contribution in [-0.2, 0) is 48.3 Å². The van der Waals surface area contributed by atoms with Gasteiger partial charge in [-0.25, -0.2) is 0 Å². The third-order valence-corrected chi connectivity index (χ3v) is 6.07. The molecule has 0 bridgehead atoms. The van der Waals surface area contributed by atoms with Gasteiger partial charge in [0.15, 0.2) is 12.6 Å². The average Bonchev–Trinajstić information content (AvgIpc) is 2.95. The predicted molar refractivity (Wildman–Crippen MR) is 133 cm³/mol. The SMILES string of the molecule is COc1ccc(CO[C@H]2[C@@H](OC)O[C@H](C=O)[C@@H](OCc3ccccc3)[C@@H]2OCc2ccccc2)cc1. The van der Waals surface area contributed by atoms with E-state index in [4.69, 9.17) is 28.4 Å². The fourth-order valence-electron chi connectivity index (χ4n) is 4.14. The minimum absolute atomic E-state index is 0.292. The molecule has 0 aliphatic carbocycles. The van der Waals surface area contributed by atoms with Crippen molar-refractivity contribution in [1.82, 2.24) is 0 Å². The molecule has 3 aromatic rings. The van der Waals surface area contributed by atoms with Crippen LogP contribution in [0.3, 0.4) is 0 Å². The van der Waals surface area contributed by atoms with E-state index in [1.54, 1.807) is 7.11 Å². The lowest BCUT2D eigenvalue weighted by atomic mass is 9.98. The standard InChI is InChI=1S/C29H32O7/c1-31-24-15-13-23(14-16-24)20-35-28-27(34-19-22-11-7-4-8-12-22)26(25(17-30)36-29(28)32-2)33-18-21-9-5-3-6-10-21/h3-17,25-29H,18-20H2,1-2H3/t25-,26-,27+,28-,29+/m1/s1. The summed E-state index contributed by atoms with van der Waals surface area (Å²) < 4.78 is 35.7. The lowest BCUT2D eigenvalue weighted by Gasteiger charge is -2.44. The fourth-order valence-corrected chi connectivity index (χ4v) is 4.14. The van der Waals surface area contributed by atoms with Crippen LogP contribution in [0, 0.1) is 0 Å². The van der Waals surface area contributed by atoms with Crippen LogP contribution in [0.15, 0.2) is 84.9 Å². The van der Waals surface area contributed by atoms with Crippen molar-refractivity contribution >= 4 is 6.29 Å². The van der Waals surface area contributed by atoms with Gasteiger partial charge in [0.2, 0.25) is 0 Å². The van der Waals surface area contributed by atoms with Crippen molar-refractivity contribution in [3.8, 4) is 5.75 Å². The summed E-state index contributed by atoms with van der Waals surface area (Å²) in [5.74, 6) is 0.766. The Morgan fingerprint density at radius 2 is 1.17 bits per heavy atom. The summed E-state index contributed by atoms with van der Waals surface area (Å²) in [6, 6.07) is 27.2. The van der Waals surface area contributed by atoms with Crippen molar-refractivity contribution in [1.29, 1.82) is 0 Å². The molecule has 0 saturated carbocycles. The third kappa shape index (κ3) is 6.78. The molecule has 5 atom stereocenters. The second-order valence-corrected chi connectivity index (χ2v) is 8.49. The normalized spacial score (nSPS) is 23.8. The molecule has 4 rings (SSSR count). The van der Waals surface area contributed by atoms with Crippen LogP contribution in [-0.4, -0.2) is 51.2 Å². The summed E-state index contributed by atoms with van der Waals surface area (Å²) in [5.41, 5.74) is 2.93. The van der Waals surface area contributed by atoms with Gasteiger partial charge in [-0.15, -0.1) is 0 Å². The zero-order valence-electron chi connectivity index (χ0n) is 20.5. The smallest absolute Gasteiger partial charge is 0.187 e. The first-order valence-corrected chi connectivity index (χ1v) is 11.9. The van der Waals surface area contributed by atoms with Crippen molar-refractivity contribution in [2.75, 3.05) is 14.2 Å². The highest BCUT2D eigenvalue weighted by molar-refractivity contribution is 5.57. The molecule has 36 heavy (non-hydrogen) atoms. The zero-order chi connectivity index (χ0) is 25.2. The number of ether oxygens (including phenoxy) is 6. The molecule has 0 spiro atoms. The summed E-state index contributed by atoms with van der Waals surface area (Å²) in [5, 5.41) is 0. The highest BCUT2D eigenvalue weighted by Gasteiger charge is 2.48. The van der Waals surface area contributed by atoms with Gasteiger partial charge in [0, 0.05) is 7.11 Å². The highest BCUT2D eigenvalue weighted by Crippen LogP contribution is 2.30. The number of rotatable bonds is 12. The summed E-state index contributed by atoms with van der Waals surface area (Å²) in [7, 11) is 3.15. The van der Waals surface area contributed by atoms with E-state index >= 15 is 0 Å². The summed E-state index contributed by atoms with van der Waals surface area (Å²) in [6.45, 7) is 0.911. The monoisotopic (exact) mass is 492 g/mol. The van der Waals surface area contributed by atoms with E-state index in [2.05, 4.69) is 0 Å². The maximum Gasteiger partial charge on any atom is 0.187 e. The molecule has 1 fully saturated rings. The van der Waals surface area contributed by atoms with Gasteiger partial charge in [-0.1, -0.05) is 72.8 Å². The van der Waals surface area contributed by atoms with Gasteiger partial charge in [0.1, 0.15) is 30.2 Å². The van der Waals surface area contributed by atoms with Gasteiger partial charge in [-0.05, 0) is 28.8 Å². The number of carbonyl (C=O) groups excluding carboxylic acids is 1. The number of benzene rings is 3. The second-order valence-electron chi connectivity index (χ2n) is 8.49. The lowest BCUT2D eigenvalue weighted by Crippen LogP contribution is -2.61. The van der Waals surface area contributed by atoms with Crippen molar-refractivity contribution in [2.45, 2.75) is 50.5 Å². The van der Waals surface area contributed by atoms with Crippen molar-refractivity contribution in [3.05, 3.63) is 102 Å². The molecule has 0 amide bonds. The molecule has 7 heteroatoms. The molecule has 1 saturated heterocycles. The number of aldehydes is 1. The minimum Gasteiger partial charge on any atom is -0.497 e. The second kappa shape index (κ2) is 13.3. The first-order valence-electron chi connectivity index (χ1n) is 11.9. The number of carbonyl (C=O) groups is 1. The molecule has 3 aromatic carbocycles. The fraction of sp³-hybridized carbons (Fsp3) is 0.345. The Labute approximate surface area is 211 Å². The van der Waals surface area contributed by atoms with E-state index in [0.29, 0.717) is 19.8 Å². The van der Waals surface area contributed by atoms with Crippen molar-refractivity contribution in [2.24, 2.45) is 0 Å². The Morgan fingerprint density at radius 1 is 0.667 bits per heavy atom. The van der Waals surface area contributed by atoms with Gasteiger partial charge >= 0.3 is 0 Å². The van der Waals surface area contributed by atoms with Crippen LogP contribution >= 0.6 is 0 Å². The molecule has 1 aliphatic rings. The topological polar surface area (TPSA) is 72.5 Å². The van der Waals surface area contributed by atoms with Crippen LogP contribution in [0.2, 0.25) is 0 Å². The number of hydrogen-bond donors (Lipinski definition) is 0. The Hall–Kier alpha value is -3.07. The van der Waals surface area contributed by atoms with E-state index in [1.165, 1.54) is 7.11 Å². The molecule has 0 unspecified atom stereocenters. The Morgan fingerprint density at radius 3 is 1.67 bits per heavy atom. The Balaban J connectivity index is 1.56. The first-order chi connectivity index (χ1) is 17.7. The van der Waals surface area contributed by atoms with Gasteiger partial charge in [-0.2, -0.15) is 0 Å². The molecule has 0 aromatic heterocycles. The minimum atomic E-state index is -0.875. The maximum atomic E-state index is 12.0. The Bertz CT molecular complexity index is 1040. The number of methoxy groups -OCH3 is 2.